The quantitative estimate of drug-likeness (QED) is 0.777. The molecule has 1 aliphatic carbocycles. The highest BCUT2D eigenvalue weighted by molar-refractivity contribution is 6.04. The Morgan fingerprint density at radius 3 is 2.56 bits per heavy atom. The van der Waals surface area contributed by atoms with Gasteiger partial charge >= 0.3 is 12.3 Å². The smallest absolute Gasteiger partial charge is 0.428 e. The summed E-state index contributed by atoms with van der Waals surface area (Å²) < 4.78 is 45.2. The minimum absolute atomic E-state index is 0.0265. The topological polar surface area (TPSA) is 88.7 Å². The van der Waals surface area contributed by atoms with Crippen LogP contribution in [-0.2, 0) is 10.9 Å². The average Bonchev–Trinajstić information content (AvgIpc) is 2.57. The number of halogens is 3. The summed E-state index contributed by atoms with van der Waals surface area (Å²) in [6.07, 6.45) is -2.16. The van der Waals surface area contributed by atoms with E-state index in [1.165, 1.54) is 12.1 Å². The van der Waals surface area contributed by atoms with Gasteiger partial charge < -0.3 is 15.8 Å². The van der Waals surface area contributed by atoms with E-state index in [0.29, 0.717) is 0 Å². The van der Waals surface area contributed by atoms with Crippen LogP contribution in [0.2, 0.25) is 0 Å². The molecule has 1 heterocycles. The molecule has 25 heavy (non-hydrogen) atoms. The van der Waals surface area contributed by atoms with Crippen LogP contribution in [0.1, 0.15) is 36.8 Å². The van der Waals surface area contributed by atoms with E-state index >= 15 is 0 Å². The number of carbonyl (C=O) groups is 1. The largest absolute Gasteiger partial charge is 0.442 e. The Balaban J connectivity index is 1.84. The molecule has 4 N–H and O–H groups in total. The van der Waals surface area contributed by atoms with Crippen LogP contribution in [0.5, 0.6) is 0 Å². The summed E-state index contributed by atoms with van der Waals surface area (Å²) in [4.78, 5) is 10.9. The normalized spacial score (nSPS) is 24.2. The summed E-state index contributed by atoms with van der Waals surface area (Å²) >= 11 is 0. The molecule has 1 fully saturated rings. The first-order valence-corrected chi connectivity index (χ1v) is 8.06. The molecule has 1 aromatic carbocycles. The Hall–Kier alpha value is -2.29. The van der Waals surface area contributed by atoms with Crippen LogP contribution >= 0.6 is 0 Å². The number of rotatable bonds is 3. The van der Waals surface area contributed by atoms with Gasteiger partial charge in [0.15, 0.2) is 0 Å². The van der Waals surface area contributed by atoms with Gasteiger partial charge in [-0.2, -0.15) is 18.3 Å². The number of anilines is 1. The first kappa shape index (κ1) is 17.5. The molecule has 9 heteroatoms. The molecule has 0 atom stereocenters. The SMILES string of the molecule is NC1CCC(Nc2ccc(C3=NNC(=O)OC3)cc2C(F)(F)F)CC1. The molecule has 0 radical (unpaired) electrons. The van der Waals surface area contributed by atoms with Crippen LogP contribution in [0.25, 0.3) is 0 Å². The summed E-state index contributed by atoms with van der Waals surface area (Å²) in [5.74, 6) is 0. The van der Waals surface area contributed by atoms with Gasteiger partial charge in [0.25, 0.3) is 0 Å². The number of nitrogens with two attached hydrogens (primary N) is 1. The monoisotopic (exact) mass is 356 g/mol. The molecular formula is C16H19F3N4O2. The standard InChI is InChI=1S/C16H19F3N4O2/c17-16(18,19)12-7-9(14-8-25-15(24)23-22-14)1-6-13(12)21-11-4-2-10(20)3-5-11/h1,6-7,10-11,21H,2-5,8,20H2,(H,23,24). The van der Waals surface area contributed by atoms with Crippen molar-refractivity contribution in [1.82, 2.24) is 5.43 Å². The first-order chi connectivity index (χ1) is 11.8. The molecular weight excluding hydrogens is 337 g/mol. The summed E-state index contributed by atoms with van der Waals surface area (Å²) in [6, 6.07) is 4.05. The Morgan fingerprint density at radius 1 is 1.24 bits per heavy atom. The molecule has 1 saturated carbocycles. The van der Waals surface area contributed by atoms with Crippen LogP contribution in [0.4, 0.5) is 23.7 Å². The zero-order valence-corrected chi connectivity index (χ0v) is 13.4. The molecule has 3 rings (SSSR count). The maximum Gasteiger partial charge on any atom is 0.428 e. The summed E-state index contributed by atoms with van der Waals surface area (Å²) in [5.41, 5.74) is 7.70. The second kappa shape index (κ2) is 6.91. The average molecular weight is 356 g/mol. The number of carbonyl (C=O) groups excluding carboxylic acids is 1. The van der Waals surface area contributed by atoms with Crippen molar-refractivity contribution in [3.8, 4) is 0 Å². The third-order valence-electron chi connectivity index (χ3n) is 4.41. The Kier molecular flexibility index (Phi) is 4.85. The Morgan fingerprint density at radius 2 is 1.96 bits per heavy atom. The molecule has 1 amide bonds. The summed E-state index contributed by atoms with van der Waals surface area (Å²) in [6.45, 7) is -0.170. The number of hydrazone groups is 1. The second-order valence-corrected chi connectivity index (χ2v) is 6.26. The molecule has 0 bridgehead atoms. The van der Waals surface area contributed by atoms with Crippen molar-refractivity contribution in [2.75, 3.05) is 11.9 Å². The third kappa shape index (κ3) is 4.22. The highest BCUT2D eigenvalue weighted by Crippen LogP contribution is 2.37. The predicted molar refractivity (Wildman–Crippen MR) is 86.3 cm³/mol. The molecule has 0 unspecified atom stereocenters. The number of alkyl halides is 3. The van der Waals surface area contributed by atoms with Crippen molar-refractivity contribution < 1.29 is 22.7 Å². The first-order valence-electron chi connectivity index (χ1n) is 8.06. The number of hydrogen-bond donors (Lipinski definition) is 3. The number of cyclic esters (lactones) is 1. The van der Waals surface area contributed by atoms with Crippen LogP contribution in [0, 0.1) is 0 Å². The molecule has 0 spiro atoms. The molecule has 0 aromatic heterocycles. The van der Waals surface area contributed by atoms with E-state index in [-0.39, 0.29) is 35.7 Å². The van der Waals surface area contributed by atoms with E-state index < -0.39 is 17.8 Å². The van der Waals surface area contributed by atoms with E-state index in [9.17, 15) is 18.0 Å². The lowest BCUT2D eigenvalue weighted by Crippen LogP contribution is -2.33. The summed E-state index contributed by atoms with van der Waals surface area (Å²) in [7, 11) is 0. The van der Waals surface area contributed by atoms with E-state index in [2.05, 4.69) is 15.8 Å². The number of nitrogens with one attached hydrogen (secondary N) is 2. The van der Waals surface area contributed by atoms with Crippen LogP contribution in [0.15, 0.2) is 23.3 Å². The lowest BCUT2D eigenvalue weighted by atomic mass is 9.91. The third-order valence-corrected chi connectivity index (χ3v) is 4.41. The van der Waals surface area contributed by atoms with E-state index in [1.807, 2.05) is 0 Å². The molecule has 6 nitrogen and oxygen atoms in total. The van der Waals surface area contributed by atoms with Gasteiger partial charge in [-0.1, -0.05) is 6.07 Å². The Bertz CT molecular complexity index is 682. The van der Waals surface area contributed by atoms with Gasteiger partial charge in [0, 0.05) is 23.3 Å². The number of hydrogen-bond acceptors (Lipinski definition) is 5. The number of nitrogens with zero attached hydrogens (tertiary/aromatic N) is 1. The fourth-order valence-electron chi connectivity index (χ4n) is 3.03. The molecule has 0 saturated heterocycles. The fourth-order valence-corrected chi connectivity index (χ4v) is 3.03. The molecule has 136 valence electrons. The van der Waals surface area contributed by atoms with Gasteiger partial charge in [0.1, 0.15) is 12.3 Å². The number of benzene rings is 1. The van der Waals surface area contributed by atoms with Crippen molar-refractivity contribution in [2.45, 2.75) is 43.9 Å². The maximum absolute atomic E-state index is 13.5. The zero-order chi connectivity index (χ0) is 18.0. The fraction of sp³-hybridized carbons (Fsp3) is 0.500. The van der Waals surface area contributed by atoms with Crippen LogP contribution < -0.4 is 16.5 Å². The predicted octanol–water partition coefficient (Wildman–Crippen LogP) is 2.83. The molecule has 1 aromatic rings. The van der Waals surface area contributed by atoms with Crippen molar-refractivity contribution in [1.29, 1.82) is 0 Å². The van der Waals surface area contributed by atoms with E-state index in [4.69, 9.17) is 10.5 Å². The van der Waals surface area contributed by atoms with Crippen molar-refractivity contribution in [3.05, 3.63) is 29.3 Å². The zero-order valence-electron chi connectivity index (χ0n) is 13.4. The van der Waals surface area contributed by atoms with Crippen LogP contribution in [-0.4, -0.2) is 30.5 Å². The number of ether oxygens (including phenoxy) is 1. The van der Waals surface area contributed by atoms with Gasteiger partial charge in [0.05, 0.1) is 5.56 Å². The highest BCUT2D eigenvalue weighted by Gasteiger charge is 2.35. The van der Waals surface area contributed by atoms with Crippen molar-refractivity contribution in [2.24, 2.45) is 10.8 Å². The lowest BCUT2D eigenvalue weighted by molar-refractivity contribution is -0.137. The molecule has 1 aliphatic heterocycles. The van der Waals surface area contributed by atoms with Crippen LogP contribution in [0.3, 0.4) is 0 Å². The Labute approximate surface area is 142 Å². The minimum atomic E-state index is -4.51. The van der Waals surface area contributed by atoms with Gasteiger partial charge in [0.2, 0.25) is 0 Å². The number of amides is 1. The molecule has 2 aliphatic rings. The lowest BCUT2D eigenvalue weighted by Gasteiger charge is -2.29. The van der Waals surface area contributed by atoms with Gasteiger partial charge in [-0.05, 0) is 37.8 Å². The van der Waals surface area contributed by atoms with E-state index in [0.717, 1.165) is 31.7 Å². The highest BCUT2D eigenvalue weighted by atomic mass is 19.4. The van der Waals surface area contributed by atoms with Crippen molar-refractivity contribution >= 4 is 17.5 Å². The maximum atomic E-state index is 13.5. The van der Waals surface area contributed by atoms with E-state index in [1.54, 1.807) is 0 Å². The second-order valence-electron chi connectivity index (χ2n) is 6.26. The van der Waals surface area contributed by atoms with Gasteiger partial charge in [-0.25, -0.2) is 10.2 Å². The van der Waals surface area contributed by atoms with Crippen molar-refractivity contribution in [3.63, 3.8) is 0 Å². The van der Waals surface area contributed by atoms with Gasteiger partial charge in [-0.15, -0.1) is 0 Å². The summed E-state index contributed by atoms with van der Waals surface area (Å²) in [5, 5.41) is 6.75. The van der Waals surface area contributed by atoms with Gasteiger partial charge in [-0.3, -0.25) is 0 Å². The minimum Gasteiger partial charge on any atom is -0.442 e.